The van der Waals surface area contributed by atoms with Crippen LogP contribution in [0.1, 0.15) is 22.5 Å². The summed E-state index contributed by atoms with van der Waals surface area (Å²) >= 11 is 0. The number of benzene rings is 1. The molecule has 1 aromatic carbocycles. The summed E-state index contributed by atoms with van der Waals surface area (Å²) in [5.41, 5.74) is 1.59. The van der Waals surface area contributed by atoms with Crippen molar-refractivity contribution >= 4 is 28.4 Å². The van der Waals surface area contributed by atoms with E-state index >= 15 is 0 Å². The minimum Gasteiger partial charge on any atom is -0.364 e. The van der Waals surface area contributed by atoms with E-state index in [1.807, 2.05) is 9.80 Å². The van der Waals surface area contributed by atoms with Crippen LogP contribution in [-0.4, -0.2) is 51.2 Å². The van der Waals surface area contributed by atoms with Crippen molar-refractivity contribution in [1.82, 2.24) is 20.4 Å². The van der Waals surface area contributed by atoms with Gasteiger partial charge in [0.15, 0.2) is 0 Å². The van der Waals surface area contributed by atoms with E-state index in [1.165, 1.54) is 17.9 Å². The van der Waals surface area contributed by atoms with E-state index in [4.69, 9.17) is 5.21 Å². The molecule has 2 bridgehead atoms. The summed E-state index contributed by atoms with van der Waals surface area (Å²) < 4.78 is 40.3. The van der Waals surface area contributed by atoms with Gasteiger partial charge < -0.3 is 9.80 Å². The first-order chi connectivity index (χ1) is 14.8. The predicted molar refractivity (Wildman–Crippen MR) is 105 cm³/mol. The Hall–Kier alpha value is -3.47. The number of hydrogen-bond donors (Lipinski definition) is 2. The van der Waals surface area contributed by atoms with E-state index in [0.29, 0.717) is 35.6 Å². The number of amides is 1. The first-order valence-corrected chi connectivity index (χ1v) is 9.62. The minimum absolute atomic E-state index is 0.000840. The number of fused-ring (bicyclic) bond motifs is 3. The van der Waals surface area contributed by atoms with E-state index in [1.54, 1.807) is 24.3 Å². The molecule has 4 heterocycles. The molecule has 0 spiro atoms. The standard InChI is InChI=1S/C20H17F3N6O2/c21-20(22,23)17-6-16(14-3-1-2-4-15(14)26-17)28-9-13-5-12(28)10-29(13)19-24-7-11(8-25-19)18(30)27-31/h1-4,6-8,12-13,31H,5,9-10H2,(H,27,30)/t12-,13-/m1/s1. The molecule has 2 aromatic heterocycles. The van der Waals surface area contributed by atoms with Gasteiger partial charge in [0, 0.05) is 42.6 Å². The molecule has 160 valence electrons. The summed E-state index contributed by atoms with van der Waals surface area (Å²) in [7, 11) is 0. The summed E-state index contributed by atoms with van der Waals surface area (Å²) in [5.74, 6) is -0.261. The Morgan fingerprint density at radius 3 is 2.42 bits per heavy atom. The highest BCUT2D eigenvalue weighted by Crippen LogP contribution is 2.41. The van der Waals surface area contributed by atoms with Crippen molar-refractivity contribution in [2.24, 2.45) is 0 Å². The minimum atomic E-state index is -4.53. The Morgan fingerprint density at radius 1 is 1.10 bits per heavy atom. The summed E-state index contributed by atoms with van der Waals surface area (Å²) in [6, 6.07) is 8.01. The number of halogens is 3. The lowest BCUT2D eigenvalue weighted by Crippen LogP contribution is -2.47. The molecule has 0 unspecified atom stereocenters. The van der Waals surface area contributed by atoms with Gasteiger partial charge in [0.25, 0.3) is 5.91 Å². The molecule has 0 aliphatic carbocycles. The van der Waals surface area contributed by atoms with E-state index in [2.05, 4.69) is 15.0 Å². The molecule has 31 heavy (non-hydrogen) atoms. The van der Waals surface area contributed by atoms with Crippen LogP contribution in [0.25, 0.3) is 10.9 Å². The van der Waals surface area contributed by atoms with Crippen LogP contribution in [0.4, 0.5) is 24.8 Å². The zero-order chi connectivity index (χ0) is 21.8. The summed E-state index contributed by atoms with van der Waals surface area (Å²) in [5, 5.41) is 9.38. The van der Waals surface area contributed by atoms with E-state index in [9.17, 15) is 18.0 Å². The predicted octanol–water partition coefficient (Wildman–Crippen LogP) is 2.63. The molecule has 2 aliphatic rings. The fourth-order valence-corrected chi connectivity index (χ4v) is 4.40. The van der Waals surface area contributed by atoms with Crippen LogP contribution in [-0.2, 0) is 6.18 Å². The molecule has 2 N–H and O–H groups in total. The Morgan fingerprint density at radius 2 is 1.77 bits per heavy atom. The van der Waals surface area contributed by atoms with Gasteiger partial charge in [-0.05, 0) is 18.6 Å². The number of hydroxylamine groups is 1. The number of hydrogen-bond acceptors (Lipinski definition) is 7. The maximum atomic E-state index is 13.4. The lowest BCUT2D eigenvalue weighted by atomic mass is 10.1. The lowest BCUT2D eigenvalue weighted by Gasteiger charge is -2.36. The summed E-state index contributed by atoms with van der Waals surface area (Å²) in [4.78, 5) is 27.7. The number of nitrogens with zero attached hydrogens (tertiary/aromatic N) is 5. The molecular formula is C20H17F3N6O2. The number of para-hydroxylation sites is 1. The fourth-order valence-electron chi connectivity index (χ4n) is 4.40. The number of aromatic nitrogens is 3. The van der Waals surface area contributed by atoms with E-state index in [-0.39, 0.29) is 17.6 Å². The summed E-state index contributed by atoms with van der Waals surface area (Å²) in [6.45, 7) is 1.08. The quantitative estimate of drug-likeness (QED) is 0.487. The molecule has 0 saturated carbocycles. The highest BCUT2D eigenvalue weighted by molar-refractivity contribution is 5.93. The van der Waals surface area contributed by atoms with E-state index < -0.39 is 17.8 Å². The zero-order valence-electron chi connectivity index (χ0n) is 16.0. The van der Waals surface area contributed by atoms with Gasteiger partial charge in [0.05, 0.1) is 17.1 Å². The lowest BCUT2D eigenvalue weighted by molar-refractivity contribution is -0.140. The topological polar surface area (TPSA) is 94.5 Å². The molecule has 3 aromatic rings. The van der Waals surface area contributed by atoms with Gasteiger partial charge in [-0.1, -0.05) is 18.2 Å². The highest BCUT2D eigenvalue weighted by Gasteiger charge is 2.45. The molecule has 1 amide bonds. The third-order valence-electron chi connectivity index (χ3n) is 5.79. The molecule has 0 radical (unpaired) electrons. The van der Waals surface area contributed by atoms with Gasteiger partial charge in [0.2, 0.25) is 5.95 Å². The number of anilines is 2. The van der Waals surface area contributed by atoms with Gasteiger partial charge in [0.1, 0.15) is 5.69 Å². The molecular weight excluding hydrogens is 413 g/mol. The third kappa shape index (κ3) is 3.30. The third-order valence-corrected chi connectivity index (χ3v) is 5.79. The van der Waals surface area contributed by atoms with Gasteiger partial charge >= 0.3 is 6.18 Å². The second-order valence-electron chi connectivity index (χ2n) is 7.60. The molecule has 5 rings (SSSR count). The number of pyridine rings is 1. The second-order valence-corrected chi connectivity index (χ2v) is 7.60. The van der Waals surface area contributed by atoms with Crippen molar-refractivity contribution in [2.75, 3.05) is 22.9 Å². The maximum absolute atomic E-state index is 13.4. The van der Waals surface area contributed by atoms with Crippen molar-refractivity contribution < 1.29 is 23.2 Å². The number of nitrogens with one attached hydrogen (secondary N) is 1. The smallest absolute Gasteiger partial charge is 0.364 e. The van der Waals surface area contributed by atoms with Crippen molar-refractivity contribution in [1.29, 1.82) is 0 Å². The highest BCUT2D eigenvalue weighted by atomic mass is 19.4. The first kappa shape index (κ1) is 19.5. The molecule has 2 aliphatic heterocycles. The van der Waals surface area contributed by atoms with Crippen LogP contribution in [0.3, 0.4) is 0 Å². The van der Waals surface area contributed by atoms with Crippen molar-refractivity contribution in [2.45, 2.75) is 24.7 Å². The van der Waals surface area contributed by atoms with Crippen LogP contribution in [0.5, 0.6) is 0 Å². The number of carbonyl (C=O) groups is 1. The van der Waals surface area contributed by atoms with Crippen molar-refractivity contribution in [3.05, 3.63) is 54.0 Å². The molecule has 8 nitrogen and oxygen atoms in total. The maximum Gasteiger partial charge on any atom is 0.433 e. The van der Waals surface area contributed by atoms with Crippen molar-refractivity contribution in [3.8, 4) is 0 Å². The first-order valence-electron chi connectivity index (χ1n) is 9.62. The second kappa shape index (κ2) is 7.05. The monoisotopic (exact) mass is 430 g/mol. The van der Waals surface area contributed by atoms with Gasteiger partial charge in [-0.3, -0.25) is 10.0 Å². The van der Waals surface area contributed by atoms with E-state index in [0.717, 1.165) is 12.5 Å². The summed E-state index contributed by atoms with van der Waals surface area (Å²) in [6.07, 6.45) is -1.12. The average molecular weight is 430 g/mol. The van der Waals surface area contributed by atoms with Gasteiger partial charge in [-0.15, -0.1) is 0 Å². The number of rotatable bonds is 3. The Kier molecular flexibility index (Phi) is 4.43. The van der Waals surface area contributed by atoms with Crippen LogP contribution < -0.4 is 15.3 Å². The van der Waals surface area contributed by atoms with Crippen LogP contribution in [0.15, 0.2) is 42.7 Å². The van der Waals surface area contributed by atoms with Gasteiger partial charge in [-0.2, -0.15) is 13.2 Å². The van der Waals surface area contributed by atoms with Crippen LogP contribution in [0, 0.1) is 0 Å². The van der Waals surface area contributed by atoms with Crippen LogP contribution >= 0.6 is 0 Å². The largest absolute Gasteiger partial charge is 0.433 e. The van der Waals surface area contributed by atoms with Crippen LogP contribution in [0.2, 0.25) is 0 Å². The Balaban J connectivity index is 1.43. The SMILES string of the molecule is O=C(NO)c1cnc(N2C[C@H]3C[C@@H]2CN3c2cc(C(F)(F)F)nc3ccccc23)nc1. The Bertz CT molecular complexity index is 1150. The zero-order valence-corrected chi connectivity index (χ0v) is 16.0. The molecule has 2 saturated heterocycles. The number of piperazine rings is 1. The number of carbonyl (C=O) groups excluding carboxylic acids is 1. The average Bonchev–Trinajstić information content (AvgIpc) is 3.38. The number of alkyl halides is 3. The van der Waals surface area contributed by atoms with Gasteiger partial charge in [-0.25, -0.2) is 20.4 Å². The molecule has 2 fully saturated rings. The van der Waals surface area contributed by atoms with Crippen molar-refractivity contribution in [3.63, 3.8) is 0 Å². The fraction of sp³-hybridized carbons (Fsp3) is 0.300. The molecule has 11 heteroatoms. The Labute approximate surface area is 174 Å². The molecule has 2 atom stereocenters. The normalized spacial score (nSPS) is 20.5.